The first-order valence-electron chi connectivity index (χ1n) is 7.45. The molecule has 0 aliphatic carbocycles. The number of phenolic OH excluding ortho intramolecular Hbond substituents is 1. The molecule has 0 bridgehead atoms. The third-order valence-corrected chi connectivity index (χ3v) is 5.95. The summed E-state index contributed by atoms with van der Waals surface area (Å²) in [4.78, 5) is 26.4. The molecule has 0 atom stereocenters. The lowest BCUT2D eigenvalue weighted by atomic mass is 10.1. The van der Waals surface area contributed by atoms with Crippen LogP contribution in [0.3, 0.4) is 0 Å². The van der Waals surface area contributed by atoms with E-state index < -0.39 is 0 Å². The molecule has 1 N–H and O–H groups in total. The highest BCUT2D eigenvalue weighted by molar-refractivity contribution is 14.1. The maximum atomic E-state index is 12.6. The van der Waals surface area contributed by atoms with Gasteiger partial charge >= 0.3 is 0 Å². The number of rotatable bonds is 4. The molecule has 3 rings (SSSR count). The predicted octanol–water partition coefficient (Wildman–Crippen LogP) is 5.00. The quantitative estimate of drug-likeness (QED) is 0.432. The minimum Gasteiger partial charge on any atom is -0.504 e. The fourth-order valence-electron chi connectivity index (χ4n) is 2.39. The van der Waals surface area contributed by atoms with E-state index in [1.807, 2.05) is 46.9 Å². The number of hydrogen-bond acceptors (Lipinski definition) is 5. The average Bonchev–Trinajstić information content (AvgIpc) is 2.87. The number of nitrogens with zero attached hydrogens (tertiary/aromatic N) is 1. The molecular weight excluding hydrogens is 533 g/mol. The monoisotopic (exact) mass is 545 g/mol. The maximum Gasteiger partial charge on any atom is 0.293 e. The molecule has 1 aliphatic heterocycles. The fourth-order valence-corrected chi connectivity index (χ4v) is 4.12. The lowest BCUT2D eigenvalue weighted by Gasteiger charge is -2.12. The molecule has 5 nitrogen and oxygen atoms in total. The molecule has 1 heterocycles. The molecule has 0 unspecified atom stereocenters. The number of thioether (sulfide) groups is 1. The topological polar surface area (TPSA) is 66.8 Å². The summed E-state index contributed by atoms with van der Waals surface area (Å²) in [5, 5.41) is 9.61. The van der Waals surface area contributed by atoms with Crippen molar-refractivity contribution in [3.63, 3.8) is 0 Å². The molecule has 26 heavy (non-hydrogen) atoms. The molecule has 0 aromatic heterocycles. The van der Waals surface area contributed by atoms with Gasteiger partial charge in [0.2, 0.25) is 0 Å². The van der Waals surface area contributed by atoms with Crippen LogP contribution < -0.4 is 4.74 Å². The lowest BCUT2D eigenvalue weighted by molar-refractivity contribution is -0.123. The molecule has 134 valence electrons. The third kappa shape index (κ3) is 4.07. The van der Waals surface area contributed by atoms with Crippen molar-refractivity contribution in [1.29, 1.82) is 0 Å². The molecule has 2 aromatic carbocycles. The molecule has 1 saturated heterocycles. The first kappa shape index (κ1) is 19.2. The Labute approximate surface area is 176 Å². The van der Waals surface area contributed by atoms with Gasteiger partial charge in [0.05, 0.1) is 22.1 Å². The van der Waals surface area contributed by atoms with Crippen LogP contribution in [0.15, 0.2) is 45.8 Å². The van der Waals surface area contributed by atoms with Gasteiger partial charge in [0.25, 0.3) is 11.1 Å². The summed E-state index contributed by atoms with van der Waals surface area (Å²) in [5.74, 6) is 0.0378. The van der Waals surface area contributed by atoms with Crippen LogP contribution in [-0.2, 0) is 11.3 Å². The number of carbonyl (C=O) groups is 2. The average molecular weight is 546 g/mol. The second kappa shape index (κ2) is 8.01. The Morgan fingerprint density at radius 1 is 1.27 bits per heavy atom. The highest BCUT2D eigenvalue weighted by Crippen LogP contribution is 2.37. The number of amides is 2. The maximum absolute atomic E-state index is 12.6. The first-order chi connectivity index (χ1) is 12.4. The van der Waals surface area contributed by atoms with Crippen LogP contribution in [0.1, 0.15) is 11.1 Å². The van der Waals surface area contributed by atoms with Crippen LogP contribution in [0.25, 0.3) is 6.08 Å². The van der Waals surface area contributed by atoms with E-state index in [2.05, 4.69) is 15.9 Å². The second-order valence-electron chi connectivity index (χ2n) is 5.45. The number of ether oxygens (including phenoxy) is 1. The van der Waals surface area contributed by atoms with Gasteiger partial charge in [-0.2, -0.15) is 0 Å². The number of imide groups is 1. The summed E-state index contributed by atoms with van der Waals surface area (Å²) >= 11 is 6.25. The van der Waals surface area contributed by atoms with Crippen molar-refractivity contribution in [1.82, 2.24) is 4.90 Å². The Hall–Kier alpha value is -1.52. The van der Waals surface area contributed by atoms with Gasteiger partial charge in [-0.1, -0.05) is 28.1 Å². The largest absolute Gasteiger partial charge is 0.504 e. The molecule has 0 spiro atoms. The van der Waals surface area contributed by atoms with Gasteiger partial charge < -0.3 is 9.84 Å². The van der Waals surface area contributed by atoms with Crippen molar-refractivity contribution >= 4 is 67.5 Å². The van der Waals surface area contributed by atoms with Crippen molar-refractivity contribution in [2.75, 3.05) is 7.11 Å². The smallest absolute Gasteiger partial charge is 0.293 e. The van der Waals surface area contributed by atoms with E-state index in [4.69, 9.17) is 4.74 Å². The van der Waals surface area contributed by atoms with Crippen molar-refractivity contribution in [2.24, 2.45) is 0 Å². The minimum atomic E-state index is -0.329. The van der Waals surface area contributed by atoms with Crippen LogP contribution >= 0.6 is 50.3 Å². The molecular formula is C18H13BrINO4S. The number of hydrogen-bond donors (Lipinski definition) is 1. The number of aromatic hydroxyl groups is 1. The number of carbonyl (C=O) groups excluding carboxylic acids is 2. The summed E-state index contributed by atoms with van der Waals surface area (Å²) < 4.78 is 6.67. The first-order valence-corrected chi connectivity index (χ1v) is 10.1. The van der Waals surface area contributed by atoms with Crippen LogP contribution in [0, 0.1) is 3.57 Å². The molecule has 1 fully saturated rings. The van der Waals surface area contributed by atoms with Crippen LogP contribution in [-0.4, -0.2) is 28.3 Å². The predicted molar refractivity (Wildman–Crippen MR) is 113 cm³/mol. The number of methoxy groups -OCH3 is 1. The summed E-state index contributed by atoms with van der Waals surface area (Å²) in [6, 6.07) is 10.8. The van der Waals surface area contributed by atoms with Gasteiger partial charge in [-0.3, -0.25) is 14.5 Å². The van der Waals surface area contributed by atoms with Gasteiger partial charge in [0.15, 0.2) is 11.5 Å². The van der Waals surface area contributed by atoms with Gasteiger partial charge in [-0.05, 0) is 75.8 Å². The lowest BCUT2D eigenvalue weighted by Crippen LogP contribution is -2.27. The summed E-state index contributed by atoms with van der Waals surface area (Å²) in [5.41, 5.74) is 1.55. The molecule has 0 radical (unpaired) electrons. The van der Waals surface area contributed by atoms with E-state index in [0.717, 1.165) is 21.8 Å². The number of phenols is 1. The van der Waals surface area contributed by atoms with Crippen molar-refractivity contribution in [2.45, 2.75) is 6.54 Å². The zero-order valence-electron chi connectivity index (χ0n) is 13.5. The highest BCUT2D eigenvalue weighted by atomic mass is 127. The van der Waals surface area contributed by atoms with E-state index in [0.29, 0.717) is 19.8 Å². The molecule has 8 heteroatoms. The Kier molecular flexibility index (Phi) is 5.93. The highest BCUT2D eigenvalue weighted by Gasteiger charge is 2.35. The summed E-state index contributed by atoms with van der Waals surface area (Å²) in [6.07, 6.45) is 1.64. The summed E-state index contributed by atoms with van der Waals surface area (Å²) in [6.45, 7) is 0.228. The Morgan fingerprint density at radius 2 is 1.96 bits per heavy atom. The Bertz CT molecular complexity index is 914. The van der Waals surface area contributed by atoms with E-state index in [1.54, 1.807) is 18.2 Å². The molecule has 2 aromatic rings. The SMILES string of the molecule is COc1cc(/C=C2\SC(=O)N(Cc3ccc(Br)cc3)C2=O)cc(I)c1O. The van der Waals surface area contributed by atoms with Crippen molar-refractivity contribution < 1.29 is 19.4 Å². The Balaban J connectivity index is 1.85. The van der Waals surface area contributed by atoms with E-state index in [-0.39, 0.29) is 23.4 Å². The molecule has 2 amide bonds. The van der Waals surface area contributed by atoms with Gasteiger partial charge in [-0.15, -0.1) is 0 Å². The fraction of sp³-hybridized carbons (Fsp3) is 0.111. The van der Waals surface area contributed by atoms with Crippen LogP contribution in [0.5, 0.6) is 11.5 Å². The third-order valence-electron chi connectivity index (χ3n) is 3.70. The molecule has 0 saturated carbocycles. The zero-order valence-corrected chi connectivity index (χ0v) is 18.1. The standard InChI is InChI=1S/C18H13BrINO4S/c1-25-14-7-11(6-13(20)16(14)22)8-15-17(23)21(18(24)26-15)9-10-2-4-12(19)5-3-10/h2-8,22H,9H2,1H3/b15-8-. The van der Waals surface area contributed by atoms with Crippen molar-refractivity contribution in [3.8, 4) is 11.5 Å². The van der Waals surface area contributed by atoms with Crippen LogP contribution in [0.4, 0.5) is 4.79 Å². The number of halogens is 2. The number of benzene rings is 2. The van der Waals surface area contributed by atoms with E-state index in [1.165, 1.54) is 12.0 Å². The molecule has 1 aliphatic rings. The van der Waals surface area contributed by atoms with E-state index in [9.17, 15) is 14.7 Å². The summed E-state index contributed by atoms with van der Waals surface area (Å²) in [7, 11) is 1.46. The zero-order chi connectivity index (χ0) is 18.8. The second-order valence-corrected chi connectivity index (χ2v) is 8.52. The van der Waals surface area contributed by atoms with Crippen molar-refractivity contribution in [3.05, 3.63) is 60.5 Å². The van der Waals surface area contributed by atoms with Crippen LogP contribution in [0.2, 0.25) is 0 Å². The van der Waals surface area contributed by atoms with Gasteiger partial charge in [0, 0.05) is 4.47 Å². The normalized spacial score (nSPS) is 15.8. The van der Waals surface area contributed by atoms with E-state index >= 15 is 0 Å². The minimum absolute atomic E-state index is 0.0496. The van der Waals surface area contributed by atoms with Gasteiger partial charge in [0.1, 0.15) is 0 Å². The Morgan fingerprint density at radius 3 is 2.62 bits per heavy atom. The van der Waals surface area contributed by atoms with Gasteiger partial charge in [-0.25, -0.2) is 0 Å².